The normalized spacial score (nSPS) is 34.3. The molecule has 1 unspecified atom stereocenters. The molecule has 0 heterocycles. The van der Waals surface area contributed by atoms with Gasteiger partial charge in [0.15, 0.2) is 0 Å². The molecule has 1 aromatic carbocycles. The summed E-state index contributed by atoms with van der Waals surface area (Å²) in [7, 11) is 0. The van der Waals surface area contributed by atoms with Gasteiger partial charge in [-0.2, -0.15) is 0 Å². The minimum absolute atomic E-state index is 0.242. The van der Waals surface area contributed by atoms with Gasteiger partial charge >= 0.3 is 0 Å². The van der Waals surface area contributed by atoms with Crippen LogP contribution in [0.4, 0.5) is 0 Å². The molecule has 18 heavy (non-hydrogen) atoms. The third-order valence-corrected chi connectivity index (χ3v) is 5.38. The fraction of sp³-hybridized carbons (Fsp3) is 0.647. The summed E-state index contributed by atoms with van der Waals surface area (Å²) in [6, 6.07) is 8.49. The Morgan fingerprint density at radius 2 is 1.94 bits per heavy atom. The lowest BCUT2D eigenvalue weighted by Crippen LogP contribution is -2.37. The molecule has 0 radical (unpaired) electrons. The topological polar surface area (TPSA) is 20.2 Å². The van der Waals surface area contributed by atoms with Crippen molar-refractivity contribution in [1.82, 2.24) is 0 Å². The van der Waals surface area contributed by atoms with Crippen molar-refractivity contribution in [3.63, 3.8) is 0 Å². The molecular formula is C17H24O. The van der Waals surface area contributed by atoms with E-state index in [4.69, 9.17) is 0 Å². The van der Waals surface area contributed by atoms with Gasteiger partial charge in [-0.15, -0.1) is 0 Å². The molecule has 1 N–H and O–H groups in total. The van der Waals surface area contributed by atoms with Crippen LogP contribution >= 0.6 is 0 Å². The molecule has 1 heteroatoms. The maximum absolute atomic E-state index is 10.8. The SMILES string of the molecule is CC1(C)CCC[C@H]2C(O)c3ccccc3CC[C@H]21. The van der Waals surface area contributed by atoms with Crippen LogP contribution in [0.1, 0.15) is 56.8 Å². The minimum Gasteiger partial charge on any atom is -0.388 e. The molecule has 3 atom stereocenters. The zero-order valence-electron chi connectivity index (χ0n) is 11.5. The van der Waals surface area contributed by atoms with Crippen molar-refractivity contribution < 1.29 is 5.11 Å². The summed E-state index contributed by atoms with van der Waals surface area (Å²) >= 11 is 0. The molecule has 0 amide bonds. The first-order chi connectivity index (χ1) is 8.59. The molecule has 0 bridgehead atoms. The zero-order chi connectivity index (χ0) is 12.8. The van der Waals surface area contributed by atoms with E-state index in [-0.39, 0.29) is 6.10 Å². The molecule has 3 rings (SSSR count). The van der Waals surface area contributed by atoms with Crippen molar-refractivity contribution in [2.75, 3.05) is 0 Å². The predicted octanol–water partition coefficient (Wildman–Crippen LogP) is 4.11. The highest BCUT2D eigenvalue weighted by molar-refractivity contribution is 5.31. The highest BCUT2D eigenvalue weighted by atomic mass is 16.3. The third-order valence-electron chi connectivity index (χ3n) is 5.38. The molecule has 0 saturated heterocycles. The number of hydrogen-bond donors (Lipinski definition) is 1. The van der Waals surface area contributed by atoms with Gasteiger partial charge in [0, 0.05) is 0 Å². The number of rotatable bonds is 0. The molecule has 0 spiro atoms. The van der Waals surface area contributed by atoms with Crippen molar-refractivity contribution in [2.24, 2.45) is 17.3 Å². The van der Waals surface area contributed by atoms with Crippen molar-refractivity contribution in [2.45, 2.75) is 52.1 Å². The van der Waals surface area contributed by atoms with Crippen LogP contribution in [0.3, 0.4) is 0 Å². The molecule has 98 valence electrons. The summed E-state index contributed by atoms with van der Waals surface area (Å²) in [6.07, 6.45) is 5.92. The van der Waals surface area contributed by atoms with Crippen LogP contribution in [-0.4, -0.2) is 5.11 Å². The third kappa shape index (κ3) is 1.89. The predicted molar refractivity (Wildman–Crippen MR) is 74.3 cm³/mol. The van der Waals surface area contributed by atoms with Gasteiger partial charge in [-0.1, -0.05) is 44.5 Å². The first kappa shape index (κ1) is 12.2. The molecule has 0 aromatic heterocycles. The van der Waals surface area contributed by atoms with E-state index < -0.39 is 0 Å². The number of aliphatic hydroxyl groups excluding tert-OH is 1. The highest BCUT2D eigenvalue weighted by Crippen LogP contribution is 2.52. The largest absolute Gasteiger partial charge is 0.388 e. The van der Waals surface area contributed by atoms with Gasteiger partial charge in [0.2, 0.25) is 0 Å². The van der Waals surface area contributed by atoms with E-state index in [1.807, 2.05) is 0 Å². The van der Waals surface area contributed by atoms with Gasteiger partial charge < -0.3 is 5.11 Å². The summed E-state index contributed by atoms with van der Waals surface area (Å²) in [5, 5.41) is 10.8. The summed E-state index contributed by atoms with van der Waals surface area (Å²) in [6.45, 7) is 4.79. The van der Waals surface area contributed by atoms with Crippen molar-refractivity contribution >= 4 is 0 Å². The lowest BCUT2D eigenvalue weighted by Gasteiger charge is -2.45. The van der Waals surface area contributed by atoms with Crippen LogP contribution < -0.4 is 0 Å². The molecule has 2 aliphatic rings. The second-order valence-electron chi connectivity index (χ2n) is 6.83. The summed E-state index contributed by atoms with van der Waals surface area (Å²) in [5.41, 5.74) is 2.96. The maximum Gasteiger partial charge on any atom is 0.0823 e. The number of aryl methyl sites for hydroxylation is 1. The number of benzene rings is 1. The fourth-order valence-corrected chi connectivity index (χ4v) is 4.33. The van der Waals surface area contributed by atoms with Gasteiger partial charge in [-0.25, -0.2) is 0 Å². The summed E-state index contributed by atoms with van der Waals surface area (Å²) < 4.78 is 0. The van der Waals surface area contributed by atoms with Crippen molar-refractivity contribution in [3.8, 4) is 0 Å². The molecular weight excluding hydrogens is 220 g/mol. The van der Waals surface area contributed by atoms with Gasteiger partial charge in [0.1, 0.15) is 0 Å². The average molecular weight is 244 g/mol. The molecule has 1 fully saturated rings. The second kappa shape index (κ2) is 4.38. The Balaban J connectivity index is 1.99. The molecule has 0 aliphatic heterocycles. The number of hydrogen-bond acceptors (Lipinski definition) is 1. The van der Waals surface area contributed by atoms with Crippen LogP contribution in [0, 0.1) is 17.3 Å². The highest BCUT2D eigenvalue weighted by Gasteiger charge is 2.43. The van der Waals surface area contributed by atoms with Gasteiger partial charge in [-0.05, 0) is 54.1 Å². The molecule has 1 saturated carbocycles. The minimum atomic E-state index is -0.242. The van der Waals surface area contributed by atoms with Gasteiger partial charge in [0.25, 0.3) is 0 Å². The molecule has 2 aliphatic carbocycles. The van der Waals surface area contributed by atoms with E-state index in [9.17, 15) is 5.11 Å². The van der Waals surface area contributed by atoms with Crippen molar-refractivity contribution in [1.29, 1.82) is 0 Å². The van der Waals surface area contributed by atoms with E-state index >= 15 is 0 Å². The smallest absolute Gasteiger partial charge is 0.0823 e. The Morgan fingerprint density at radius 3 is 2.78 bits per heavy atom. The zero-order valence-corrected chi connectivity index (χ0v) is 11.5. The van der Waals surface area contributed by atoms with Crippen LogP contribution in [0.15, 0.2) is 24.3 Å². The summed E-state index contributed by atoms with van der Waals surface area (Å²) in [4.78, 5) is 0. The molecule has 1 aromatic rings. The van der Waals surface area contributed by atoms with E-state index in [1.165, 1.54) is 36.8 Å². The second-order valence-corrected chi connectivity index (χ2v) is 6.83. The van der Waals surface area contributed by atoms with E-state index in [1.54, 1.807) is 0 Å². The Hall–Kier alpha value is -0.820. The lowest BCUT2D eigenvalue weighted by atomic mass is 9.61. The molecule has 1 nitrogen and oxygen atoms in total. The first-order valence-electron chi connectivity index (χ1n) is 7.35. The van der Waals surface area contributed by atoms with Crippen LogP contribution in [0.2, 0.25) is 0 Å². The Labute approximate surface area is 110 Å². The Kier molecular flexibility index (Phi) is 2.97. The van der Waals surface area contributed by atoms with E-state index in [2.05, 4.69) is 38.1 Å². The van der Waals surface area contributed by atoms with E-state index in [0.29, 0.717) is 17.3 Å². The first-order valence-corrected chi connectivity index (χ1v) is 7.35. The van der Waals surface area contributed by atoms with Crippen LogP contribution in [0.25, 0.3) is 0 Å². The standard InChI is InChI=1S/C17H24O/c1-17(2)11-5-8-14-15(17)10-9-12-6-3-4-7-13(12)16(14)18/h3-4,6-7,14-16,18H,5,8-11H2,1-2H3/t14-,15-,16?/m1/s1. The number of aliphatic hydroxyl groups is 1. The number of fused-ring (bicyclic) bond motifs is 2. The quantitative estimate of drug-likeness (QED) is 0.728. The summed E-state index contributed by atoms with van der Waals surface area (Å²) in [5.74, 6) is 1.14. The maximum atomic E-state index is 10.8. The van der Waals surface area contributed by atoms with Crippen LogP contribution in [-0.2, 0) is 6.42 Å². The van der Waals surface area contributed by atoms with E-state index in [0.717, 1.165) is 6.42 Å². The van der Waals surface area contributed by atoms with Gasteiger partial charge in [-0.3, -0.25) is 0 Å². The fourth-order valence-electron chi connectivity index (χ4n) is 4.33. The lowest BCUT2D eigenvalue weighted by molar-refractivity contribution is -0.0132. The monoisotopic (exact) mass is 244 g/mol. The van der Waals surface area contributed by atoms with Crippen LogP contribution in [0.5, 0.6) is 0 Å². The Morgan fingerprint density at radius 1 is 1.17 bits per heavy atom. The Bertz CT molecular complexity index is 435. The van der Waals surface area contributed by atoms with Crippen molar-refractivity contribution in [3.05, 3.63) is 35.4 Å². The average Bonchev–Trinajstić information content (AvgIpc) is 2.49. The van der Waals surface area contributed by atoms with Gasteiger partial charge in [0.05, 0.1) is 6.10 Å².